The van der Waals surface area contributed by atoms with Gasteiger partial charge in [0.15, 0.2) is 0 Å². The third-order valence-electron chi connectivity index (χ3n) is 3.64. The second-order valence-electron chi connectivity index (χ2n) is 6.79. The summed E-state index contributed by atoms with van der Waals surface area (Å²) in [7, 11) is 0. The molecule has 1 aromatic heterocycles. The number of esters is 1. The number of nitrogens with one attached hydrogen (secondary N) is 2. The van der Waals surface area contributed by atoms with E-state index in [1.807, 2.05) is 45.9 Å². The molecule has 0 spiro atoms. The van der Waals surface area contributed by atoms with E-state index in [9.17, 15) is 9.59 Å². The van der Waals surface area contributed by atoms with Crippen molar-refractivity contribution in [1.82, 2.24) is 10.3 Å². The highest BCUT2D eigenvalue weighted by Crippen LogP contribution is 2.25. The van der Waals surface area contributed by atoms with Gasteiger partial charge in [-0.2, -0.15) is 0 Å². The molecule has 0 aliphatic carbocycles. The monoisotopic (exact) mass is 346 g/mol. The minimum absolute atomic E-state index is 0.336. The molecule has 1 aromatic carbocycles. The molecular weight excluding hydrogens is 320 g/mol. The van der Waals surface area contributed by atoms with Gasteiger partial charge in [-0.3, -0.25) is 0 Å². The van der Waals surface area contributed by atoms with Crippen molar-refractivity contribution < 1.29 is 19.1 Å². The number of aromatic nitrogens is 1. The highest BCUT2D eigenvalue weighted by molar-refractivity contribution is 5.98. The van der Waals surface area contributed by atoms with E-state index in [2.05, 4.69) is 10.3 Å². The van der Waals surface area contributed by atoms with Crippen LogP contribution in [0.2, 0.25) is 0 Å². The summed E-state index contributed by atoms with van der Waals surface area (Å²) in [6, 6.07) is 5.82. The molecule has 2 aromatic rings. The van der Waals surface area contributed by atoms with Crippen molar-refractivity contribution in [2.24, 2.45) is 0 Å². The molecule has 25 heavy (non-hydrogen) atoms. The lowest BCUT2D eigenvalue weighted by molar-refractivity contribution is 0.0511. The maximum absolute atomic E-state index is 12.1. The molecule has 0 aliphatic rings. The summed E-state index contributed by atoms with van der Waals surface area (Å²) in [6.45, 7) is 9.93. The Morgan fingerprint density at radius 1 is 1.20 bits per heavy atom. The first kappa shape index (κ1) is 18.8. The van der Waals surface area contributed by atoms with E-state index >= 15 is 0 Å². The Morgan fingerprint density at radius 2 is 1.92 bits per heavy atom. The highest BCUT2D eigenvalue weighted by Gasteiger charge is 2.18. The fraction of sp³-hybridized carbons (Fsp3) is 0.474. The van der Waals surface area contributed by atoms with Gasteiger partial charge < -0.3 is 19.8 Å². The van der Waals surface area contributed by atoms with Crippen molar-refractivity contribution in [2.45, 2.75) is 53.2 Å². The van der Waals surface area contributed by atoms with Crippen molar-refractivity contribution >= 4 is 23.0 Å². The van der Waals surface area contributed by atoms with E-state index in [4.69, 9.17) is 9.47 Å². The summed E-state index contributed by atoms with van der Waals surface area (Å²) < 4.78 is 10.3. The minimum Gasteiger partial charge on any atom is -0.461 e. The van der Waals surface area contributed by atoms with Gasteiger partial charge in [-0.25, -0.2) is 9.59 Å². The summed E-state index contributed by atoms with van der Waals surface area (Å²) in [5, 5.41) is 3.72. The lowest BCUT2D eigenvalue weighted by atomic mass is 10.1. The molecule has 0 aliphatic heterocycles. The van der Waals surface area contributed by atoms with Gasteiger partial charge in [-0.15, -0.1) is 0 Å². The number of rotatable bonds is 5. The molecule has 1 amide bonds. The molecule has 0 atom stereocenters. The quantitative estimate of drug-likeness (QED) is 0.804. The van der Waals surface area contributed by atoms with Crippen LogP contribution in [0.3, 0.4) is 0 Å². The molecule has 6 nitrogen and oxygen atoms in total. The van der Waals surface area contributed by atoms with Crippen LogP contribution >= 0.6 is 0 Å². The molecular formula is C19H26N2O4. The van der Waals surface area contributed by atoms with Crippen molar-refractivity contribution in [3.8, 4) is 0 Å². The number of alkyl carbamates (subject to hydrolysis) is 1. The van der Waals surface area contributed by atoms with Crippen LogP contribution in [-0.2, 0) is 22.4 Å². The lowest BCUT2D eigenvalue weighted by Crippen LogP contribution is -2.32. The van der Waals surface area contributed by atoms with Crippen LogP contribution < -0.4 is 5.32 Å². The van der Waals surface area contributed by atoms with E-state index in [0.29, 0.717) is 18.8 Å². The zero-order valence-electron chi connectivity index (χ0n) is 15.5. The molecule has 0 radical (unpaired) electrons. The highest BCUT2D eigenvalue weighted by atomic mass is 16.6. The van der Waals surface area contributed by atoms with Crippen LogP contribution in [0.5, 0.6) is 0 Å². The molecule has 2 rings (SSSR count). The Kier molecular flexibility index (Phi) is 5.72. The summed E-state index contributed by atoms with van der Waals surface area (Å²) >= 11 is 0. The second-order valence-corrected chi connectivity index (χ2v) is 6.79. The molecule has 2 N–H and O–H groups in total. The third-order valence-corrected chi connectivity index (χ3v) is 3.64. The first-order valence-corrected chi connectivity index (χ1v) is 8.52. The van der Waals surface area contributed by atoms with Crippen molar-refractivity contribution in [3.63, 3.8) is 0 Å². The van der Waals surface area contributed by atoms with Crippen molar-refractivity contribution in [1.29, 1.82) is 0 Å². The van der Waals surface area contributed by atoms with E-state index in [1.165, 1.54) is 0 Å². The van der Waals surface area contributed by atoms with Gasteiger partial charge >= 0.3 is 12.1 Å². The van der Waals surface area contributed by atoms with E-state index in [-0.39, 0.29) is 5.97 Å². The molecule has 0 bridgehead atoms. The van der Waals surface area contributed by atoms with Crippen LogP contribution in [0.1, 0.15) is 56.2 Å². The molecule has 1 heterocycles. The summed E-state index contributed by atoms with van der Waals surface area (Å²) in [6.07, 6.45) is 0.268. The Hall–Kier alpha value is -2.50. The van der Waals surface area contributed by atoms with E-state index < -0.39 is 11.7 Å². The Bertz CT molecular complexity index is 772. The van der Waals surface area contributed by atoms with Crippen LogP contribution in [0.4, 0.5) is 4.79 Å². The summed E-state index contributed by atoms with van der Waals surface area (Å²) in [5.41, 5.74) is 2.68. The normalized spacial score (nSPS) is 11.4. The van der Waals surface area contributed by atoms with Gasteiger partial charge in [0, 0.05) is 17.4 Å². The maximum atomic E-state index is 12.1. The number of carbonyl (C=O) groups excluding carboxylic acids is 2. The van der Waals surface area contributed by atoms with Crippen LogP contribution in [0.15, 0.2) is 18.2 Å². The molecule has 0 saturated heterocycles. The number of hydrogen-bond donors (Lipinski definition) is 2. The van der Waals surface area contributed by atoms with Gasteiger partial charge in [-0.1, -0.05) is 19.1 Å². The SMILES string of the molecule is CCOC(=O)c1[nH]c2cc(CNC(=O)OC(C)(C)C)ccc2c1CC. The third kappa shape index (κ3) is 4.75. The first-order valence-electron chi connectivity index (χ1n) is 8.52. The number of carbonyl (C=O) groups is 2. The fourth-order valence-electron chi connectivity index (χ4n) is 2.65. The van der Waals surface area contributed by atoms with Crippen molar-refractivity contribution in [3.05, 3.63) is 35.0 Å². The van der Waals surface area contributed by atoms with Crippen LogP contribution in [0, 0.1) is 0 Å². The Morgan fingerprint density at radius 3 is 2.52 bits per heavy atom. The maximum Gasteiger partial charge on any atom is 0.407 e. The zero-order valence-corrected chi connectivity index (χ0v) is 15.5. The lowest BCUT2D eigenvalue weighted by Gasteiger charge is -2.19. The number of ether oxygens (including phenoxy) is 2. The van der Waals surface area contributed by atoms with E-state index in [1.54, 1.807) is 6.92 Å². The number of aromatic amines is 1. The Labute approximate surface area is 147 Å². The number of fused-ring (bicyclic) bond motifs is 1. The first-order chi connectivity index (χ1) is 11.7. The van der Waals surface area contributed by atoms with Crippen molar-refractivity contribution in [2.75, 3.05) is 6.61 Å². The second kappa shape index (κ2) is 7.59. The topological polar surface area (TPSA) is 80.4 Å². The number of aryl methyl sites for hydroxylation is 1. The average molecular weight is 346 g/mol. The number of amides is 1. The smallest absolute Gasteiger partial charge is 0.407 e. The van der Waals surface area contributed by atoms with Gasteiger partial charge in [0.25, 0.3) is 0 Å². The molecule has 0 fully saturated rings. The summed E-state index contributed by atoms with van der Waals surface area (Å²) in [5.74, 6) is -0.344. The number of H-pyrrole nitrogens is 1. The van der Waals surface area contributed by atoms with Crippen LogP contribution in [0.25, 0.3) is 10.9 Å². The molecule has 0 unspecified atom stereocenters. The Balaban J connectivity index is 2.19. The van der Waals surface area contributed by atoms with Gasteiger partial charge in [0.2, 0.25) is 0 Å². The molecule has 136 valence electrons. The largest absolute Gasteiger partial charge is 0.461 e. The number of benzene rings is 1. The predicted molar refractivity (Wildman–Crippen MR) is 96.7 cm³/mol. The average Bonchev–Trinajstić information content (AvgIpc) is 2.89. The minimum atomic E-state index is -0.530. The molecule has 6 heteroatoms. The fourth-order valence-corrected chi connectivity index (χ4v) is 2.65. The predicted octanol–water partition coefficient (Wildman–Crippen LogP) is 3.93. The van der Waals surface area contributed by atoms with Crippen LogP contribution in [-0.4, -0.2) is 29.3 Å². The van der Waals surface area contributed by atoms with Gasteiger partial charge in [0.05, 0.1) is 6.61 Å². The van der Waals surface area contributed by atoms with Gasteiger partial charge in [0.1, 0.15) is 11.3 Å². The van der Waals surface area contributed by atoms with E-state index in [0.717, 1.165) is 28.5 Å². The standard InChI is InChI=1S/C19H26N2O4/c1-6-13-14-9-8-12(11-20-18(23)25-19(3,4)5)10-15(14)21-16(13)17(22)24-7-2/h8-10,21H,6-7,11H2,1-5H3,(H,20,23). The summed E-state index contributed by atoms with van der Waals surface area (Å²) in [4.78, 5) is 27.0. The zero-order chi connectivity index (χ0) is 18.6. The van der Waals surface area contributed by atoms with Gasteiger partial charge in [-0.05, 0) is 51.3 Å². The number of hydrogen-bond acceptors (Lipinski definition) is 4. The molecule has 0 saturated carbocycles.